The SMILES string of the molecule is B.S.[MgH2].[Mn].[Mo].[Zn]. The molecule has 0 amide bonds. The van der Waals surface area contributed by atoms with Crippen molar-refractivity contribution in [1.82, 2.24) is 0 Å². The number of hydrogen-bond acceptors (Lipinski definition) is 0. The van der Waals surface area contributed by atoms with E-state index in [1.165, 1.54) is 0 Å². The molecule has 6 heteroatoms. The first kappa shape index (κ1) is 63.8. The molecule has 0 N–H and O–H groups in total. The van der Waals surface area contributed by atoms with Crippen LogP contribution in [0.4, 0.5) is 0 Å². The van der Waals surface area contributed by atoms with Crippen LogP contribution in [0.25, 0.3) is 0 Å². The molecule has 0 saturated heterocycles. The third-order valence-corrected chi connectivity index (χ3v) is 0. The molecule has 0 aromatic heterocycles. The van der Waals surface area contributed by atoms with Crippen molar-refractivity contribution in [2.45, 2.75) is 0 Å². The summed E-state index contributed by atoms with van der Waals surface area (Å²) in [6, 6.07) is 0. The summed E-state index contributed by atoms with van der Waals surface area (Å²) in [5.41, 5.74) is 0. The first-order valence-electron chi connectivity index (χ1n) is 0. The van der Waals surface area contributed by atoms with Gasteiger partial charge in [0, 0.05) is 57.6 Å². The fourth-order valence-electron chi connectivity index (χ4n) is 0. The molecule has 1 radical (unpaired) electrons. The maximum absolute atomic E-state index is 0. The average molecular weight is 291 g/mol. The molecule has 0 unspecified atom stereocenters. The van der Waals surface area contributed by atoms with E-state index in [1.54, 1.807) is 0 Å². The molecular formula is H7BMgMnMoSZn. The van der Waals surface area contributed by atoms with Gasteiger partial charge in [-0.1, -0.05) is 0 Å². The smallest absolute Gasteiger partial charge is 0.197 e. The first-order valence-corrected chi connectivity index (χ1v) is 0. The molecule has 0 aliphatic rings. The van der Waals surface area contributed by atoms with Crippen molar-refractivity contribution in [3.05, 3.63) is 0 Å². The van der Waals surface area contributed by atoms with Crippen LogP contribution in [0.3, 0.4) is 0 Å². The predicted octanol–water partition coefficient (Wildman–Crippen LogP) is -1.99. The van der Waals surface area contributed by atoms with Gasteiger partial charge in [-0.05, 0) is 0 Å². The molecule has 0 nitrogen and oxygen atoms in total. The monoisotopic (exact) mass is 291 g/mol. The minimum Gasteiger partial charge on any atom is -0.197 e. The van der Waals surface area contributed by atoms with Crippen LogP contribution < -0.4 is 0 Å². The van der Waals surface area contributed by atoms with Gasteiger partial charge in [-0.2, -0.15) is 13.5 Å². The zero-order valence-corrected chi connectivity index (χ0v) is 9.15. The Balaban J connectivity index is 0. The Morgan fingerprint density at radius 1 is 1.00 bits per heavy atom. The van der Waals surface area contributed by atoms with Gasteiger partial charge in [-0.3, -0.25) is 0 Å². The van der Waals surface area contributed by atoms with Crippen molar-refractivity contribution in [3.63, 3.8) is 0 Å². The molecule has 0 atom stereocenters. The minimum absolute atomic E-state index is 0. The summed E-state index contributed by atoms with van der Waals surface area (Å²) < 4.78 is 0. The zero-order valence-electron chi connectivity index (χ0n) is 1.99. The molecule has 0 heterocycles. The van der Waals surface area contributed by atoms with Crippen LogP contribution in [0, 0.1) is 0 Å². The summed E-state index contributed by atoms with van der Waals surface area (Å²) in [4.78, 5) is 0. The molecule has 0 spiro atoms. The predicted molar refractivity (Wildman–Crippen MR) is 28.9 cm³/mol. The topological polar surface area (TPSA) is 0 Å². The van der Waals surface area contributed by atoms with Crippen molar-refractivity contribution in [3.8, 4) is 0 Å². The van der Waals surface area contributed by atoms with E-state index in [2.05, 4.69) is 0 Å². The second-order valence-corrected chi connectivity index (χ2v) is 0. The van der Waals surface area contributed by atoms with Crippen molar-refractivity contribution >= 4 is 45.0 Å². The van der Waals surface area contributed by atoms with Crippen LogP contribution in [0.2, 0.25) is 0 Å². The van der Waals surface area contributed by atoms with E-state index < -0.39 is 0 Å². The van der Waals surface area contributed by atoms with Crippen molar-refractivity contribution < 1.29 is 57.6 Å². The fourth-order valence-corrected chi connectivity index (χ4v) is 0. The van der Waals surface area contributed by atoms with Gasteiger partial charge in [-0.15, -0.1) is 0 Å². The maximum Gasteiger partial charge on any atom is 0.316 e. The summed E-state index contributed by atoms with van der Waals surface area (Å²) in [5.74, 6) is 0. The van der Waals surface area contributed by atoms with Crippen molar-refractivity contribution in [2.75, 3.05) is 0 Å². The van der Waals surface area contributed by atoms with Gasteiger partial charge >= 0.3 is 23.1 Å². The van der Waals surface area contributed by atoms with E-state index in [-0.39, 0.29) is 103 Å². The van der Waals surface area contributed by atoms with Crippen LogP contribution >= 0.6 is 13.5 Å². The van der Waals surface area contributed by atoms with Crippen LogP contribution in [0.15, 0.2) is 0 Å². The quantitative estimate of drug-likeness (QED) is 0.453. The van der Waals surface area contributed by atoms with Crippen LogP contribution in [0.5, 0.6) is 0 Å². The summed E-state index contributed by atoms with van der Waals surface area (Å²) >= 11 is 0. The molecule has 0 aliphatic carbocycles. The van der Waals surface area contributed by atoms with Crippen molar-refractivity contribution in [1.29, 1.82) is 0 Å². The number of rotatable bonds is 0. The van der Waals surface area contributed by atoms with Gasteiger partial charge < -0.3 is 0 Å². The van der Waals surface area contributed by atoms with Crippen LogP contribution in [-0.4, -0.2) is 31.5 Å². The Hall–Kier alpha value is 3.01. The fraction of sp³-hybridized carbons (Fsp3) is 0. The van der Waals surface area contributed by atoms with E-state index in [1.807, 2.05) is 0 Å². The Labute approximate surface area is 101 Å². The van der Waals surface area contributed by atoms with E-state index in [4.69, 9.17) is 0 Å². The maximum atomic E-state index is 0. The summed E-state index contributed by atoms with van der Waals surface area (Å²) in [6.45, 7) is 0. The van der Waals surface area contributed by atoms with E-state index in [0.717, 1.165) is 0 Å². The Morgan fingerprint density at radius 2 is 1.00 bits per heavy atom. The molecule has 0 aliphatic heterocycles. The largest absolute Gasteiger partial charge is 0.316 e. The third-order valence-electron chi connectivity index (χ3n) is 0. The van der Waals surface area contributed by atoms with Gasteiger partial charge in [0.2, 0.25) is 0 Å². The Morgan fingerprint density at radius 3 is 1.00 bits per heavy atom. The van der Waals surface area contributed by atoms with Crippen molar-refractivity contribution in [2.24, 2.45) is 0 Å². The molecule has 0 saturated carbocycles. The van der Waals surface area contributed by atoms with Gasteiger partial charge in [-0.25, -0.2) is 0 Å². The molecule has 0 bridgehead atoms. The van der Waals surface area contributed by atoms with Gasteiger partial charge in [0.05, 0.1) is 8.41 Å². The third kappa shape index (κ3) is 27.9. The average Bonchev–Trinajstić information content (AvgIpc) is 0. The second kappa shape index (κ2) is 43.4. The molecule has 0 aromatic carbocycles. The Kier molecular flexibility index (Phi) is 461. The molecule has 0 fully saturated rings. The van der Waals surface area contributed by atoms with E-state index >= 15 is 0 Å². The molecule has 33 valence electrons. The molecule has 6 heavy (non-hydrogen) atoms. The Bertz CT molecular complexity index is 15.5. The first-order chi connectivity index (χ1) is 0. The molecule has 0 aromatic rings. The number of hydrogen-bond donors (Lipinski definition) is 0. The second-order valence-electron chi connectivity index (χ2n) is 0. The normalized spacial score (nSPS) is 0. The van der Waals surface area contributed by atoms with Gasteiger partial charge in [0.1, 0.15) is 0 Å². The molecular weight excluding hydrogens is 283 g/mol. The van der Waals surface area contributed by atoms with Crippen LogP contribution in [-0.2, 0) is 57.6 Å². The summed E-state index contributed by atoms with van der Waals surface area (Å²) in [5, 5.41) is 0. The zero-order chi connectivity index (χ0) is 0. The molecule has 0 rings (SSSR count). The van der Waals surface area contributed by atoms with E-state index in [0.29, 0.717) is 0 Å². The summed E-state index contributed by atoms with van der Waals surface area (Å²) in [7, 11) is 0. The van der Waals surface area contributed by atoms with Gasteiger partial charge in [0.25, 0.3) is 0 Å². The van der Waals surface area contributed by atoms with Gasteiger partial charge in [0.15, 0.2) is 0 Å². The van der Waals surface area contributed by atoms with E-state index in [9.17, 15) is 0 Å². The van der Waals surface area contributed by atoms with Crippen LogP contribution in [0.1, 0.15) is 0 Å². The standard InChI is InChI=1S/BH3.Mg.Mn.Mo.H2S.Zn.2H/h1H3;;;;1H2;;;. The minimum atomic E-state index is 0. The summed E-state index contributed by atoms with van der Waals surface area (Å²) in [6.07, 6.45) is 0.